The van der Waals surface area contributed by atoms with Gasteiger partial charge in [-0.3, -0.25) is 4.90 Å². The predicted molar refractivity (Wildman–Crippen MR) is 55.5 cm³/mol. The molecule has 12 heavy (non-hydrogen) atoms. The molecule has 0 aliphatic heterocycles. The average molecular weight is 172 g/mol. The lowest BCUT2D eigenvalue weighted by Crippen LogP contribution is -2.51. The lowest BCUT2D eigenvalue weighted by Gasteiger charge is -2.38. The van der Waals surface area contributed by atoms with Gasteiger partial charge in [-0.25, -0.2) is 0 Å². The lowest BCUT2D eigenvalue weighted by atomic mass is 10.0. The molecule has 0 bridgehead atoms. The van der Waals surface area contributed by atoms with Crippen molar-refractivity contribution in [1.82, 2.24) is 10.2 Å². The highest BCUT2D eigenvalue weighted by atomic mass is 15.2. The van der Waals surface area contributed by atoms with Gasteiger partial charge in [0.2, 0.25) is 0 Å². The third-order valence-electron chi connectivity index (χ3n) is 2.45. The van der Waals surface area contributed by atoms with Crippen molar-refractivity contribution in [2.24, 2.45) is 0 Å². The van der Waals surface area contributed by atoms with E-state index in [2.05, 4.69) is 51.9 Å². The Morgan fingerprint density at radius 2 is 1.50 bits per heavy atom. The van der Waals surface area contributed by atoms with Gasteiger partial charge in [0.05, 0.1) is 0 Å². The standard InChI is InChI=1S/C10H24N2/c1-9(2,3)12(7)8-10(4,5)11-6/h11H,8H2,1-7H3. The fourth-order valence-corrected chi connectivity index (χ4v) is 0.909. The van der Waals surface area contributed by atoms with Crippen LogP contribution in [0.4, 0.5) is 0 Å². The van der Waals surface area contributed by atoms with Crippen LogP contribution in [0.3, 0.4) is 0 Å². The van der Waals surface area contributed by atoms with Crippen molar-refractivity contribution in [1.29, 1.82) is 0 Å². The SMILES string of the molecule is CNC(C)(C)CN(C)C(C)(C)C. The fraction of sp³-hybridized carbons (Fsp3) is 1.00. The van der Waals surface area contributed by atoms with Crippen LogP contribution >= 0.6 is 0 Å². The average Bonchev–Trinajstić information content (AvgIpc) is 1.85. The van der Waals surface area contributed by atoms with Crippen LogP contribution in [0.15, 0.2) is 0 Å². The molecule has 0 spiro atoms. The van der Waals surface area contributed by atoms with Gasteiger partial charge in [0, 0.05) is 17.6 Å². The van der Waals surface area contributed by atoms with Crippen LogP contribution in [0.5, 0.6) is 0 Å². The molecule has 0 saturated heterocycles. The van der Waals surface area contributed by atoms with Gasteiger partial charge in [0.15, 0.2) is 0 Å². The van der Waals surface area contributed by atoms with E-state index in [0.717, 1.165) is 6.54 Å². The normalized spacial score (nSPS) is 14.0. The van der Waals surface area contributed by atoms with E-state index in [1.807, 2.05) is 7.05 Å². The summed E-state index contributed by atoms with van der Waals surface area (Å²) in [5.41, 5.74) is 0.455. The molecule has 0 aromatic heterocycles. The minimum absolute atomic E-state index is 0.196. The van der Waals surface area contributed by atoms with Crippen LogP contribution in [-0.2, 0) is 0 Å². The lowest BCUT2D eigenvalue weighted by molar-refractivity contribution is 0.135. The molecule has 0 amide bonds. The van der Waals surface area contributed by atoms with Gasteiger partial charge >= 0.3 is 0 Å². The summed E-state index contributed by atoms with van der Waals surface area (Å²) in [6.45, 7) is 12.2. The molecule has 0 aromatic rings. The Hall–Kier alpha value is -0.0800. The maximum Gasteiger partial charge on any atom is 0.0249 e. The number of likely N-dealkylation sites (N-methyl/N-ethyl adjacent to an activating group) is 2. The molecule has 74 valence electrons. The maximum atomic E-state index is 3.30. The molecule has 0 aliphatic rings. The zero-order valence-electron chi connectivity index (χ0n) is 9.65. The van der Waals surface area contributed by atoms with Crippen molar-refractivity contribution >= 4 is 0 Å². The molecule has 0 heterocycles. The predicted octanol–water partition coefficient (Wildman–Crippen LogP) is 1.71. The Labute approximate surface area is 77.3 Å². The summed E-state index contributed by atoms with van der Waals surface area (Å²) in [4.78, 5) is 2.36. The van der Waals surface area contributed by atoms with E-state index in [4.69, 9.17) is 0 Å². The second-order valence-corrected chi connectivity index (χ2v) is 5.16. The number of rotatable bonds is 3. The van der Waals surface area contributed by atoms with E-state index < -0.39 is 0 Å². The highest BCUT2D eigenvalue weighted by Gasteiger charge is 2.24. The zero-order valence-corrected chi connectivity index (χ0v) is 9.65. The summed E-state index contributed by atoms with van der Waals surface area (Å²) in [7, 11) is 4.18. The molecule has 0 saturated carbocycles. The van der Waals surface area contributed by atoms with Gasteiger partial charge in [-0.2, -0.15) is 0 Å². The highest BCUT2D eigenvalue weighted by molar-refractivity contribution is 4.83. The van der Waals surface area contributed by atoms with Crippen LogP contribution in [0.1, 0.15) is 34.6 Å². The van der Waals surface area contributed by atoms with Gasteiger partial charge in [-0.05, 0) is 48.7 Å². The monoisotopic (exact) mass is 172 g/mol. The molecule has 0 unspecified atom stereocenters. The molecule has 0 atom stereocenters. The van der Waals surface area contributed by atoms with Crippen molar-refractivity contribution in [2.75, 3.05) is 20.6 Å². The van der Waals surface area contributed by atoms with E-state index in [0.29, 0.717) is 0 Å². The van der Waals surface area contributed by atoms with Gasteiger partial charge in [-0.15, -0.1) is 0 Å². The van der Waals surface area contributed by atoms with Crippen LogP contribution in [0.25, 0.3) is 0 Å². The summed E-state index contributed by atoms with van der Waals surface area (Å²) in [6, 6.07) is 0. The highest BCUT2D eigenvalue weighted by Crippen LogP contribution is 2.14. The molecule has 2 nitrogen and oxygen atoms in total. The van der Waals surface area contributed by atoms with Crippen LogP contribution in [-0.4, -0.2) is 36.6 Å². The maximum absolute atomic E-state index is 3.30. The molecule has 0 aromatic carbocycles. The van der Waals surface area contributed by atoms with E-state index in [1.54, 1.807) is 0 Å². The van der Waals surface area contributed by atoms with Gasteiger partial charge in [-0.1, -0.05) is 0 Å². The Morgan fingerprint density at radius 3 is 1.75 bits per heavy atom. The summed E-state index contributed by atoms with van der Waals surface area (Å²) in [5, 5.41) is 3.30. The number of nitrogens with zero attached hydrogens (tertiary/aromatic N) is 1. The third kappa shape index (κ3) is 4.07. The first-order valence-corrected chi connectivity index (χ1v) is 4.59. The first kappa shape index (κ1) is 11.9. The van der Waals surface area contributed by atoms with E-state index in [9.17, 15) is 0 Å². The molecule has 2 heteroatoms. The van der Waals surface area contributed by atoms with E-state index in [-0.39, 0.29) is 11.1 Å². The Morgan fingerprint density at radius 1 is 1.08 bits per heavy atom. The van der Waals surface area contributed by atoms with E-state index in [1.165, 1.54) is 0 Å². The van der Waals surface area contributed by atoms with Gasteiger partial charge in [0.1, 0.15) is 0 Å². The van der Waals surface area contributed by atoms with Crippen LogP contribution in [0.2, 0.25) is 0 Å². The molecule has 0 fully saturated rings. The largest absolute Gasteiger partial charge is 0.314 e. The second-order valence-electron chi connectivity index (χ2n) is 5.16. The molecule has 1 N–H and O–H groups in total. The number of hydrogen-bond donors (Lipinski definition) is 1. The molecule has 0 rings (SSSR count). The molecular formula is C10H24N2. The van der Waals surface area contributed by atoms with Crippen molar-refractivity contribution in [2.45, 2.75) is 45.7 Å². The molecule has 0 aliphatic carbocycles. The quantitative estimate of drug-likeness (QED) is 0.697. The Balaban J connectivity index is 4.09. The van der Waals surface area contributed by atoms with Crippen molar-refractivity contribution in [3.05, 3.63) is 0 Å². The van der Waals surface area contributed by atoms with Crippen LogP contribution < -0.4 is 5.32 Å². The van der Waals surface area contributed by atoms with Crippen LogP contribution in [0, 0.1) is 0 Å². The van der Waals surface area contributed by atoms with Gasteiger partial charge in [0.25, 0.3) is 0 Å². The fourth-order valence-electron chi connectivity index (χ4n) is 0.909. The smallest absolute Gasteiger partial charge is 0.0249 e. The van der Waals surface area contributed by atoms with Crippen molar-refractivity contribution < 1.29 is 0 Å². The molecule has 0 radical (unpaired) electrons. The summed E-state index contributed by atoms with van der Waals surface area (Å²) in [5.74, 6) is 0. The van der Waals surface area contributed by atoms with E-state index >= 15 is 0 Å². The van der Waals surface area contributed by atoms with Crippen molar-refractivity contribution in [3.8, 4) is 0 Å². The third-order valence-corrected chi connectivity index (χ3v) is 2.45. The van der Waals surface area contributed by atoms with Crippen molar-refractivity contribution in [3.63, 3.8) is 0 Å². The Kier molecular flexibility index (Phi) is 3.73. The number of hydrogen-bond acceptors (Lipinski definition) is 2. The minimum Gasteiger partial charge on any atom is -0.314 e. The minimum atomic E-state index is 0.196. The zero-order chi connectivity index (χ0) is 9.99. The first-order valence-electron chi connectivity index (χ1n) is 4.59. The first-order chi connectivity index (χ1) is 5.19. The van der Waals surface area contributed by atoms with Gasteiger partial charge < -0.3 is 5.32 Å². The number of nitrogens with one attached hydrogen (secondary N) is 1. The summed E-state index contributed by atoms with van der Waals surface area (Å²) >= 11 is 0. The topological polar surface area (TPSA) is 15.3 Å². The summed E-state index contributed by atoms with van der Waals surface area (Å²) < 4.78 is 0. The summed E-state index contributed by atoms with van der Waals surface area (Å²) in [6.07, 6.45) is 0. The Bertz CT molecular complexity index is 133. The molecular weight excluding hydrogens is 148 g/mol. The second kappa shape index (κ2) is 3.75.